The van der Waals surface area contributed by atoms with Crippen LogP contribution in [0.4, 0.5) is 23.0 Å². The van der Waals surface area contributed by atoms with Gasteiger partial charge in [0.15, 0.2) is 0 Å². The summed E-state index contributed by atoms with van der Waals surface area (Å²) in [5.74, 6) is 1.95. The van der Waals surface area contributed by atoms with Gasteiger partial charge in [0.1, 0.15) is 18.1 Å². The molecule has 1 amide bonds. The average Bonchev–Trinajstić information content (AvgIpc) is 3.45. The van der Waals surface area contributed by atoms with E-state index in [9.17, 15) is 4.79 Å². The van der Waals surface area contributed by atoms with Crippen molar-refractivity contribution in [3.8, 4) is 22.8 Å². The Balaban J connectivity index is 1.36. The predicted molar refractivity (Wildman–Crippen MR) is 145 cm³/mol. The summed E-state index contributed by atoms with van der Waals surface area (Å²) in [6.07, 6.45) is 2.66. The zero-order chi connectivity index (χ0) is 25.9. The van der Waals surface area contributed by atoms with Gasteiger partial charge in [-0.15, -0.1) is 0 Å². The Bertz CT molecular complexity index is 1470. The molecule has 192 valence electrons. The fourth-order valence-electron chi connectivity index (χ4n) is 4.47. The maximum Gasteiger partial charge on any atom is 0.255 e. The molecule has 0 spiro atoms. The molecular weight excluding hydrogens is 482 g/mol. The maximum atomic E-state index is 12.8. The summed E-state index contributed by atoms with van der Waals surface area (Å²) >= 11 is 0. The van der Waals surface area contributed by atoms with Crippen molar-refractivity contribution < 1.29 is 19.0 Å². The Morgan fingerprint density at radius 1 is 1.00 bits per heavy atom. The smallest absolute Gasteiger partial charge is 0.255 e. The molecule has 9 rings (SSSR count). The number of carbonyl (C=O) groups is 1. The Labute approximate surface area is 220 Å². The minimum atomic E-state index is -0.259. The molecule has 4 N–H and O–H groups in total. The Kier molecular flexibility index (Phi) is 6.49. The van der Waals surface area contributed by atoms with Crippen LogP contribution in [0.2, 0.25) is 0 Å². The summed E-state index contributed by atoms with van der Waals surface area (Å²) < 4.78 is 17.8. The number of carbonyl (C=O) groups excluding carboxylic acids is 1. The lowest BCUT2D eigenvalue weighted by Crippen LogP contribution is -2.13. The van der Waals surface area contributed by atoms with Crippen LogP contribution in [0.25, 0.3) is 11.3 Å². The van der Waals surface area contributed by atoms with Crippen molar-refractivity contribution in [1.82, 2.24) is 9.97 Å². The normalized spacial score (nSPS) is 16.5. The van der Waals surface area contributed by atoms with Crippen LogP contribution >= 0.6 is 0 Å². The van der Waals surface area contributed by atoms with E-state index in [-0.39, 0.29) is 5.91 Å². The highest BCUT2D eigenvalue weighted by atomic mass is 16.5. The van der Waals surface area contributed by atoms with Gasteiger partial charge in [0.05, 0.1) is 18.9 Å². The number of nitrogen functional groups attached to an aromatic ring is 1. The molecule has 3 aromatic carbocycles. The van der Waals surface area contributed by atoms with Gasteiger partial charge in [0, 0.05) is 52.5 Å². The molecule has 0 radical (unpaired) electrons. The zero-order valence-corrected chi connectivity index (χ0v) is 20.6. The maximum absolute atomic E-state index is 12.8. The van der Waals surface area contributed by atoms with Gasteiger partial charge in [-0.05, 0) is 73.2 Å². The van der Waals surface area contributed by atoms with Crippen LogP contribution in [-0.2, 0) is 11.3 Å². The van der Waals surface area contributed by atoms with E-state index >= 15 is 0 Å². The number of hydrogen-bond acceptors (Lipinski definition) is 8. The predicted octanol–water partition coefficient (Wildman–Crippen LogP) is 5.03. The summed E-state index contributed by atoms with van der Waals surface area (Å²) in [5, 5.41) is 6.18. The van der Waals surface area contributed by atoms with Crippen molar-refractivity contribution in [2.45, 2.75) is 13.0 Å². The molecule has 1 atom stereocenters. The van der Waals surface area contributed by atoms with Crippen LogP contribution < -0.4 is 25.8 Å². The number of nitrogens with zero attached hydrogens (tertiary/aromatic N) is 2. The van der Waals surface area contributed by atoms with Gasteiger partial charge in [-0.2, -0.15) is 0 Å². The molecule has 9 heteroatoms. The summed E-state index contributed by atoms with van der Waals surface area (Å²) in [5.41, 5.74) is 10.9. The van der Waals surface area contributed by atoms with Crippen molar-refractivity contribution in [1.29, 1.82) is 0 Å². The number of ether oxygens (including phenoxy) is 3. The largest absolute Gasteiger partial charge is 0.493 e. The third-order valence-corrected chi connectivity index (χ3v) is 6.57. The van der Waals surface area contributed by atoms with Gasteiger partial charge in [-0.25, -0.2) is 9.97 Å². The molecule has 5 aliphatic rings. The number of rotatable bonds is 3. The minimum Gasteiger partial charge on any atom is -0.493 e. The fraction of sp³-hybridized carbons (Fsp3) is 0.207. The van der Waals surface area contributed by atoms with E-state index in [2.05, 4.69) is 20.6 Å². The van der Waals surface area contributed by atoms with Crippen molar-refractivity contribution in [3.05, 3.63) is 84.1 Å². The highest BCUT2D eigenvalue weighted by molar-refractivity contribution is 6.05. The van der Waals surface area contributed by atoms with E-state index in [0.29, 0.717) is 59.0 Å². The molecule has 38 heavy (non-hydrogen) atoms. The molecule has 6 heterocycles. The van der Waals surface area contributed by atoms with Crippen LogP contribution in [0.5, 0.6) is 11.5 Å². The SMILES string of the molecule is Nc1cc2ccc1-c1ccnc(n1)Nc1ccc(OCC3CCOC3)c(c1)COc1ccc(cc1)NC2=O. The van der Waals surface area contributed by atoms with E-state index < -0.39 is 0 Å². The van der Waals surface area contributed by atoms with E-state index in [4.69, 9.17) is 19.9 Å². The van der Waals surface area contributed by atoms with Crippen LogP contribution in [0.1, 0.15) is 22.3 Å². The molecule has 8 bridgehead atoms. The lowest BCUT2D eigenvalue weighted by atomic mass is 10.1. The topological polar surface area (TPSA) is 121 Å². The monoisotopic (exact) mass is 509 g/mol. The number of aromatic nitrogens is 2. The second-order valence-electron chi connectivity index (χ2n) is 9.32. The van der Waals surface area contributed by atoms with Crippen molar-refractivity contribution in [2.24, 2.45) is 5.92 Å². The molecule has 0 saturated carbocycles. The number of benzene rings is 3. The number of nitrogens with one attached hydrogen (secondary N) is 2. The zero-order valence-electron chi connectivity index (χ0n) is 20.6. The first-order valence-corrected chi connectivity index (χ1v) is 12.5. The molecule has 9 nitrogen and oxygen atoms in total. The highest BCUT2D eigenvalue weighted by Crippen LogP contribution is 2.30. The van der Waals surface area contributed by atoms with Gasteiger partial charge in [-0.3, -0.25) is 4.79 Å². The van der Waals surface area contributed by atoms with Gasteiger partial charge in [-0.1, -0.05) is 0 Å². The Hall–Kier alpha value is -4.63. The Morgan fingerprint density at radius 3 is 2.68 bits per heavy atom. The van der Waals surface area contributed by atoms with Crippen LogP contribution in [-0.4, -0.2) is 35.7 Å². The first-order valence-electron chi connectivity index (χ1n) is 12.5. The summed E-state index contributed by atoms with van der Waals surface area (Å²) in [4.78, 5) is 21.8. The number of hydrogen-bond donors (Lipinski definition) is 3. The van der Waals surface area contributed by atoms with Crippen LogP contribution in [0, 0.1) is 5.92 Å². The van der Waals surface area contributed by atoms with Gasteiger partial charge in [0.25, 0.3) is 5.91 Å². The number of amides is 1. The summed E-state index contributed by atoms with van der Waals surface area (Å²) in [7, 11) is 0. The van der Waals surface area contributed by atoms with Crippen molar-refractivity contribution >= 4 is 28.9 Å². The number of anilines is 4. The van der Waals surface area contributed by atoms with Crippen LogP contribution in [0.3, 0.4) is 0 Å². The van der Waals surface area contributed by atoms with Gasteiger partial charge < -0.3 is 30.6 Å². The molecule has 1 unspecified atom stereocenters. The third-order valence-electron chi connectivity index (χ3n) is 6.57. The standard InChI is InChI=1S/C29H27N5O4/c30-25-14-19-1-7-24(25)26-9-11-31-29(34-26)33-22-4-8-27(38-16-18-10-12-36-15-18)20(13-22)17-37-23-5-2-21(3-6-23)32-28(19)35/h1-9,11,13-14,18H,10,12,15-17,30H2,(H,32,35)(H,31,33,34). The lowest BCUT2D eigenvalue weighted by Gasteiger charge is -2.16. The molecule has 1 aromatic heterocycles. The second-order valence-corrected chi connectivity index (χ2v) is 9.32. The van der Waals surface area contributed by atoms with Gasteiger partial charge >= 0.3 is 0 Å². The van der Waals surface area contributed by atoms with Crippen molar-refractivity contribution in [3.63, 3.8) is 0 Å². The quantitative estimate of drug-likeness (QED) is 0.329. The summed E-state index contributed by atoms with van der Waals surface area (Å²) in [6, 6.07) is 20.0. The average molecular weight is 510 g/mol. The first kappa shape index (κ1) is 23.7. The van der Waals surface area contributed by atoms with E-state index in [0.717, 1.165) is 36.6 Å². The fourth-order valence-corrected chi connectivity index (χ4v) is 4.47. The second kappa shape index (κ2) is 10.4. The molecule has 0 aliphatic carbocycles. The minimum absolute atomic E-state index is 0.259. The third kappa shape index (κ3) is 5.23. The highest BCUT2D eigenvalue weighted by Gasteiger charge is 2.18. The number of nitrogens with two attached hydrogens (primary N) is 1. The lowest BCUT2D eigenvalue weighted by molar-refractivity contribution is 0.102. The molecule has 4 aromatic rings. The van der Waals surface area contributed by atoms with Gasteiger partial charge in [0.2, 0.25) is 5.95 Å². The first-order chi connectivity index (χ1) is 18.6. The summed E-state index contributed by atoms with van der Waals surface area (Å²) in [6.45, 7) is 2.37. The Morgan fingerprint density at radius 2 is 1.87 bits per heavy atom. The van der Waals surface area contributed by atoms with Crippen LogP contribution in [0.15, 0.2) is 72.9 Å². The molecule has 1 fully saturated rings. The molecule has 1 saturated heterocycles. The van der Waals surface area contributed by atoms with Crippen molar-refractivity contribution in [2.75, 3.05) is 36.2 Å². The molecular formula is C29H27N5O4. The van der Waals surface area contributed by atoms with E-state index in [1.54, 1.807) is 42.6 Å². The molecule has 5 aliphatic heterocycles. The van der Waals surface area contributed by atoms with E-state index in [1.165, 1.54) is 0 Å². The van der Waals surface area contributed by atoms with E-state index in [1.807, 2.05) is 30.3 Å².